The number of aryl methyl sites for hydroxylation is 1. The third-order valence-corrected chi connectivity index (χ3v) is 7.02. The van der Waals surface area contributed by atoms with Gasteiger partial charge in [0, 0.05) is 40.0 Å². The molecule has 0 aliphatic heterocycles. The van der Waals surface area contributed by atoms with Crippen LogP contribution < -0.4 is 5.32 Å². The SMILES string of the molecule is CCn1c2ccc(C(F)(F)F)cc2c2cc(C(C)=C3C(=O)c4ccccc4CC3NC)cc(F)c21. The zero-order valence-electron chi connectivity index (χ0n) is 19.6. The second-order valence-electron chi connectivity index (χ2n) is 8.90. The van der Waals surface area contributed by atoms with Crippen LogP contribution >= 0.6 is 0 Å². The molecule has 0 fully saturated rings. The molecule has 3 aromatic carbocycles. The van der Waals surface area contributed by atoms with Crippen LogP contribution in [0.5, 0.6) is 0 Å². The molecule has 3 nitrogen and oxygen atoms in total. The van der Waals surface area contributed by atoms with E-state index in [0.717, 1.165) is 17.7 Å². The van der Waals surface area contributed by atoms with E-state index in [4.69, 9.17) is 0 Å². The number of allylic oxidation sites excluding steroid dienone is 1. The molecule has 1 heterocycles. The molecule has 0 bridgehead atoms. The van der Waals surface area contributed by atoms with Crippen molar-refractivity contribution in [2.45, 2.75) is 39.0 Å². The van der Waals surface area contributed by atoms with Crippen molar-refractivity contribution in [3.05, 3.63) is 88.2 Å². The minimum Gasteiger partial charge on any atom is -0.338 e. The number of hydrogen-bond acceptors (Lipinski definition) is 2. The van der Waals surface area contributed by atoms with Gasteiger partial charge in [0.1, 0.15) is 5.82 Å². The maximum absolute atomic E-state index is 15.5. The maximum atomic E-state index is 15.5. The molecule has 0 spiro atoms. The summed E-state index contributed by atoms with van der Waals surface area (Å²) in [7, 11) is 1.77. The molecule has 7 heteroatoms. The number of alkyl halides is 3. The lowest BCUT2D eigenvalue weighted by molar-refractivity contribution is -0.137. The smallest absolute Gasteiger partial charge is 0.338 e. The highest BCUT2D eigenvalue weighted by atomic mass is 19.4. The Hall–Kier alpha value is -3.45. The molecule has 1 N–H and O–H groups in total. The van der Waals surface area contributed by atoms with Crippen LogP contribution in [0, 0.1) is 5.82 Å². The van der Waals surface area contributed by atoms with E-state index in [0.29, 0.717) is 51.5 Å². The quantitative estimate of drug-likeness (QED) is 0.259. The minimum atomic E-state index is -4.51. The second-order valence-corrected chi connectivity index (χ2v) is 8.90. The van der Waals surface area contributed by atoms with Crippen LogP contribution in [0.15, 0.2) is 60.2 Å². The lowest BCUT2D eigenvalue weighted by Crippen LogP contribution is -2.38. The normalized spacial score (nSPS) is 17.8. The number of ketones is 1. The largest absolute Gasteiger partial charge is 0.416 e. The average molecular weight is 481 g/mol. The first-order chi connectivity index (χ1) is 16.7. The van der Waals surface area contributed by atoms with Gasteiger partial charge in [0.05, 0.1) is 11.1 Å². The van der Waals surface area contributed by atoms with Crippen molar-refractivity contribution in [2.24, 2.45) is 0 Å². The minimum absolute atomic E-state index is 0.125. The van der Waals surface area contributed by atoms with Crippen LogP contribution in [0.1, 0.15) is 40.9 Å². The maximum Gasteiger partial charge on any atom is 0.416 e. The number of rotatable bonds is 3. The summed E-state index contributed by atoms with van der Waals surface area (Å²) in [5.74, 6) is -0.659. The number of benzene rings is 3. The number of fused-ring (bicyclic) bond motifs is 4. The van der Waals surface area contributed by atoms with Crippen molar-refractivity contribution in [3.63, 3.8) is 0 Å². The number of nitrogens with zero attached hydrogens (tertiary/aromatic N) is 1. The van der Waals surface area contributed by atoms with Crippen LogP contribution in [-0.4, -0.2) is 23.4 Å². The van der Waals surface area contributed by atoms with E-state index < -0.39 is 17.6 Å². The van der Waals surface area contributed by atoms with Crippen molar-refractivity contribution >= 4 is 33.2 Å². The molecule has 4 aromatic rings. The number of likely N-dealkylation sites (N-methyl/N-ethyl adjacent to an activating group) is 1. The highest BCUT2D eigenvalue weighted by Gasteiger charge is 2.33. The van der Waals surface area contributed by atoms with Gasteiger partial charge in [-0.1, -0.05) is 24.3 Å². The summed E-state index contributed by atoms with van der Waals surface area (Å²) < 4.78 is 57.6. The van der Waals surface area contributed by atoms with Gasteiger partial charge in [-0.25, -0.2) is 4.39 Å². The fourth-order valence-electron chi connectivity index (χ4n) is 5.29. The summed E-state index contributed by atoms with van der Waals surface area (Å²) >= 11 is 0. The Labute approximate surface area is 200 Å². The number of carbonyl (C=O) groups is 1. The number of aromatic nitrogens is 1. The highest BCUT2D eigenvalue weighted by molar-refractivity contribution is 6.16. The molecular formula is C28H24F4N2O. The topological polar surface area (TPSA) is 34.0 Å². The summed E-state index contributed by atoms with van der Waals surface area (Å²) in [5.41, 5.74) is 3.20. The third kappa shape index (κ3) is 3.65. The zero-order valence-corrected chi connectivity index (χ0v) is 19.6. The number of hydrogen-bond donors (Lipinski definition) is 1. The van der Waals surface area contributed by atoms with Crippen LogP contribution in [-0.2, 0) is 19.1 Å². The number of halogens is 4. The van der Waals surface area contributed by atoms with Gasteiger partial charge in [-0.15, -0.1) is 0 Å². The van der Waals surface area contributed by atoms with Gasteiger partial charge in [-0.05, 0) is 74.3 Å². The van der Waals surface area contributed by atoms with Crippen LogP contribution in [0.25, 0.3) is 27.4 Å². The number of Topliss-reactive ketones (excluding diaryl/α,β-unsaturated/α-hetero) is 1. The predicted octanol–water partition coefficient (Wildman–Crippen LogP) is 6.77. The third-order valence-electron chi connectivity index (χ3n) is 7.02. The Bertz CT molecular complexity index is 1530. The number of nitrogens with one attached hydrogen (secondary N) is 1. The zero-order chi connectivity index (χ0) is 25.1. The van der Waals surface area contributed by atoms with Crippen LogP contribution in [0.4, 0.5) is 17.6 Å². The van der Waals surface area contributed by atoms with Gasteiger partial charge < -0.3 is 9.88 Å². The predicted molar refractivity (Wildman–Crippen MR) is 130 cm³/mol. The monoisotopic (exact) mass is 480 g/mol. The molecule has 1 aliphatic carbocycles. The van der Waals surface area contributed by atoms with E-state index in [1.54, 1.807) is 30.7 Å². The van der Waals surface area contributed by atoms with E-state index in [1.165, 1.54) is 12.1 Å². The molecule has 0 amide bonds. The van der Waals surface area contributed by atoms with Crippen molar-refractivity contribution < 1.29 is 22.4 Å². The standard InChI is InChI=1S/C28H24F4N2O/c1-4-34-24-10-9-18(28(30,31)32)14-20(24)21-11-17(12-22(29)26(21)34)15(2)25-23(33-3)13-16-7-5-6-8-19(16)27(25)35/h5-12,14,23,33H,4,13H2,1-3H3. The highest BCUT2D eigenvalue weighted by Crippen LogP contribution is 2.39. The van der Waals surface area contributed by atoms with Crippen LogP contribution in [0.2, 0.25) is 0 Å². The molecule has 1 unspecified atom stereocenters. The Balaban J connectivity index is 1.78. The molecule has 0 saturated heterocycles. The Morgan fingerprint density at radius 2 is 1.83 bits per heavy atom. The first-order valence-corrected chi connectivity index (χ1v) is 11.5. The van der Waals surface area contributed by atoms with E-state index in [-0.39, 0.29) is 17.3 Å². The lowest BCUT2D eigenvalue weighted by atomic mass is 9.80. The van der Waals surface area contributed by atoms with Gasteiger partial charge in [-0.3, -0.25) is 4.79 Å². The van der Waals surface area contributed by atoms with E-state index in [2.05, 4.69) is 5.32 Å². The van der Waals surface area contributed by atoms with Crippen molar-refractivity contribution in [1.29, 1.82) is 0 Å². The molecule has 35 heavy (non-hydrogen) atoms. The number of carbonyl (C=O) groups excluding carboxylic acids is 1. The van der Waals surface area contributed by atoms with Gasteiger partial charge >= 0.3 is 6.18 Å². The van der Waals surface area contributed by atoms with Crippen molar-refractivity contribution in [3.8, 4) is 0 Å². The average Bonchev–Trinajstić information content (AvgIpc) is 3.16. The summed E-state index contributed by atoms with van der Waals surface area (Å²) in [4.78, 5) is 13.4. The Morgan fingerprint density at radius 1 is 1.09 bits per heavy atom. The molecule has 1 atom stereocenters. The summed E-state index contributed by atoms with van der Waals surface area (Å²) in [6, 6.07) is 13.7. The summed E-state index contributed by atoms with van der Waals surface area (Å²) in [6.07, 6.45) is -3.90. The fourth-order valence-corrected chi connectivity index (χ4v) is 5.29. The molecule has 1 aromatic heterocycles. The first-order valence-electron chi connectivity index (χ1n) is 11.5. The Morgan fingerprint density at radius 3 is 2.51 bits per heavy atom. The summed E-state index contributed by atoms with van der Waals surface area (Å²) in [6.45, 7) is 4.00. The molecule has 0 saturated carbocycles. The van der Waals surface area contributed by atoms with Gasteiger partial charge in [0.15, 0.2) is 5.78 Å². The van der Waals surface area contributed by atoms with Gasteiger partial charge in [0.2, 0.25) is 0 Å². The first kappa shape index (κ1) is 23.3. The van der Waals surface area contributed by atoms with E-state index in [9.17, 15) is 18.0 Å². The Kier molecular flexibility index (Phi) is 5.55. The molecule has 180 valence electrons. The van der Waals surface area contributed by atoms with Crippen molar-refractivity contribution in [2.75, 3.05) is 7.05 Å². The van der Waals surface area contributed by atoms with Gasteiger partial charge in [-0.2, -0.15) is 13.2 Å². The van der Waals surface area contributed by atoms with Crippen molar-refractivity contribution in [1.82, 2.24) is 9.88 Å². The molecule has 0 radical (unpaired) electrons. The lowest BCUT2D eigenvalue weighted by Gasteiger charge is -2.28. The molecule has 5 rings (SSSR count). The summed E-state index contributed by atoms with van der Waals surface area (Å²) in [5, 5.41) is 3.92. The van der Waals surface area contributed by atoms with E-state index >= 15 is 4.39 Å². The molecular weight excluding hydrogens is 456 g/mol. The second kappa shape index (κ2) is 8.34. The van der Waals surface area contributed by atoms with E-state index in [1.807, 2.05) is 25.1 Å². The molecule has 1 aliphatic rings. The van der Waals surface area contributed by atoms with Crippen LogP contribution in [0.3, 0.4) is 0 Å². The fraction of sp³-hybridized carbons (Fsp3) is 0.250. The van der Waals surface area contributed by atoms with Gasteiger partial charge in [0.25, 0.3) is 0 Å².